The predicted octanol–water partition coefficient (Wildman–Crippen LogP) is 2.38. The van der Waals surface area contributed by atoms with Gasteiger partial charge in [-0.15, -0.1) is 0 Å². The van der Waals surface area contributed by atoms with Crippen LogP contribution < -0.4 is 4.58 Å². The Hall–Kier alpha value is -2.25. The first-order valence-electron chi connectivity index (χ1n) is 5.16. The molecule has 76 valence electrons. The molecule has 1 aliphatic rings. The molecule has 0 N–H and O–H groups in total. The van der Waals surface area contributed by atoms with Gasteiger partial charge in [0.2, 0.25) is 0 Å². The van der Waals surface area contributed by atoms with Crippen molar-refractivity contribution in [3.05, 3.63) is 48.7 Å². The molecule has 1 aromatic heterocycles. The maximum atomic E-state index is 4.33. The third kappa shape index (κ3) is 1.27. The topological polar surface area (TPSA) is 18.9 Å². The molecule has 1 aromatic carbocycles. The minimum Gasteiger partial charge on any atom is -0.194 e. The Balaban J connectivity index is 2.22. The van der Waals surface area contributed by atoms with Gasteiger partial charge in [0, 0.05) is 24.4 Å². The normalized spacial score (nSPS) is 13.1. The third-order valence-electron chi connectivity index (χ3n) is 2.61. The van der Waals surface area contributed by atoms with Gasteiger partial charge in [-0.05, 0) is 10.6 Å². The van der Waals surface area contributed by atoms with Crippen molar-refractivity contribution < 1.29 is 4.58 Å². The first-order valence-corrected chi connectivity index (χ1v) is 5.16. The number of rotatable bonds is 1. The van der Waals surface area contributed by atoms with E-state index in [1.54, 1.807) is 6.20 Å². The lowest BCUT2D eigenvalue weighted by molar-refractivity contribution is -0.394. The second kappa shape index (κ2) is 3.40. The summed E-state index contributed by atoms with van der Waals surface area (Å²) in [4.78, 5) is 4.33. The summed E-state index contributed by atoms with van der Waals surface area (Å²) in [5, 5.41) is 0. The van der Waals surface area contributed by atoms with E-state index >= 15 is 0 Å². The standard InChI is InChI=1S/C13H11N3/c1-15-10-16(13-8-4-5-9-14-13)12-7-3-2-6-11(12)15/h2-9H,1H3/q+2. The van der Waals surface area contributed by atoms with Gasteiger partial charge in [0.25, 0.3) is 11.4 Å². The number of aromatic nitrogens is 1. The molecular weight excluding hydrogens is 198 g/mol. The van der Waals surface area contributed by atoms with Crippen molar-refractivity contribution in [1.29, 1.82) is 0 Å². The molecule has 0 unspecified atom stereocenters. The monoisotopic (exact) mass is 209 g/mol. The van der Waals surface area contributed by atoms with E-state index in [9.17, 15) is 0 Å². The third-order valence-corrected chi connectivity index (χ3v) is 2.61. The number of nitrogens with zero attached hydrogens (tertiary/aromatic N) is 3. The molecule has 0 aliphatic carbocycles. The largest absolute Gasteiger partial charge is 0.497 e. The van der Waals surface area contributed by atoms with Crippen LogP contribution in [0.1, 0.15) is 0 Å². The maximum Gasteiger partial charge on any atom is 0.497 e. The minimum atomic E-state index is 0.888. The van der Waals surface area contributed by atoms with Gasteiger partial charge >= 0.3 is 11.8 Å². The van der Waals surface area contributed by atoms with Gasteiger partial charge in [0.1, 0.15) is 0 Å². The molecule has 0 bridgehead atoms. The molecule has 16 heavy (non-hydrogen) atoms. The Morgan fingerprint density at radius 2 is 1.75 bits per heavy atom. The van der Waals surface area contributed by atoms with Crippen LogP contribution in [0.5, 0.6) is 0 Å². The average molecular weight is 209 g/mol. The van der Waals surface area contributed by atoms with Crippen LogP contribution in [0.15, 0.2) is 48.7 Å². The van der Waals surface area contributed by atoms with Crippen LogP contribution >= 0.6 is 0 Å². The summed E-state index contributed by atoms with van der Waals surface area (Å²) in [6.45, 7) is 0. The second-order valence-corrected chi connectivity index (χ2v) is 3.67. The molecule has 0 fully saturated rings. The molecule has 0 amide bonds. The van der Waals surface area contributed by atoms with Gasteiger partial charge < -0.3 is 0 Å². The van der Waals surface area contributed by atoms with Crippen molar-refractivity contribution in [2.45, 2.75) is 0 Å². The van der Waals surface area contributed by atoms with Crippen molar-refractivity contribution in [3.8, 4) is 0 Å². The van der Waals surface area contributed by atoms with Gasteiger partial charge in [0.05, 0.1) is 0 Å². The summed E-state index contributed by atoms with van der Waals surface area (Å²) >= 11 is 0. The molecule has 0 atom stereocenters. The van der Waals surface area contributed by atoms with Crippen LogP contribution in [-0.2, 0) is 0 Å². The van der Waals surface area contributed by atoms with Crippen LogP contribution in [0.4, 0.5) is 17.2 Å². The van der Waals surface area contributed by atoms with Crippen molar-refractivity contribution in [2.24, 2.45) is 0 Å². The average Bonchev–Trinajstić information content (AvgIpc) is 2.69. The lowest BCUT2D eigenvalue weighted by Crippen LogP contribution is -2.00. The summed E-state index contributed by atoms with van der Waals surface area (Å²) in [6, 6.07) is 17.3. The highest BCUT2D eigenvalue weighted by atomic mass is 15.2. The Kier molecular flexibility index (Phi) is 1.92. The van der Waals surface area contributed by atoms with E-state index in [1.165, 1.54) is 0 Å². The quantitative estimate of drug-likeness (QED) is 0.660. The molecule has 0 spiro atoms. The van der Waals surface area contributed by atoms with Gasteiger partial charge in [-0.2, -0.15) is 4.98 Å². The van der Waals surface area contributed by atoms with Gasteiger partial charge in [-0.25, -0.2) is 0 Å². The Morgan fingerprint density at radius 3 is 2.50 bits per heavy atom. The lowest BCUT2D eigenvalue weighted by Gasteiger charge is -1.91. The summed E-state index contributed by atoms with van der Waals surface area (Å²) in [5.74, 6) is 0.888. The summed E-state index contributed by atoms with van der Waals surface area (Å²) in [5.41, 5.74) is 2.26. The van der Waals surface area contributed by atoms with E-state index < -0.39 is 0 Å². The molecule has 2 aromatic rings. The lowest BCUT2D eigenvalue weighted by atomic mass is 10.2. The Labute approximate surface area is 93.6 Å². The molecule has 0 saturated heterocycles. The smallest absolute Gasteiger partial charge is 0.194 e. The molecule has 3 nitrogen and oxygen atoms in total. The van der Waals surface area contributed by atoms with E-state index in [0.717, 1.165) is 17.2 Å². The molecule has 0 radical (unpaired) electrons. The van der Waals surface area contributed by atoms with Gasteiger partial charge in [-0.3, -0.25) is 0 Å². The van der Waals surface area contributed by atoms with Crippen LogP contribution in [0.3, 0.4) is 0 Å². The van der Waals surface area contributed by atoms with Gasteiger partial charge in [-0.1, -0.05) is 22.8 Å². The van der Waals surface area contributed by atoms with E-state index in [4.69, 9.17) is 0 Å². The van der Waals surface area contributed by atoms with Crippen molar-refractivity contribution in [3.63, 3.8) is 0 Å². The van der Waals surface area contributed by atoms with Crippen LogP contribution in [0, 0.1) is 0 Å². The molecule has 2 heterocycles. The molecule has 1 aliphatic heterocycles. The zero-order valence-electron chi connectivity index (χ0n) is 8.96. The maximum absolute atomic E-state index is 4.33. The van der Waals surface area contributed by atoms with Crippen molar-refractivity contribution in [2.75, 3.05) is 7.05 Å². The minimum absolute atomic E-state index is 0.888. The van der Waals surface area contributed by atoms with E-state index in [0.29, 0.717) is 0 Å². The van der Waals surface area contributed by atoms with E-state index in [2.05, 4.69) is 23.1 Å². The number of pyridine rings is 1. The number of benzene rings is 1. The van der Waals surface area contributed by atoms with Crippen LogP contribution in [0.25, 0.3) is 0 Å². The van der Waals surface area contributed by atoms with E-state index in [-0.39, 0.29) is 0 Å². The number of hydrogen-bond donors (Lipinski definition) is 0. The summed E-state index contributed by atoms with van der Waals surface area (Å²) in [7, 11) is 1.99. The zero-order valence-corrected chi connectivity index (χ0v) is 8.96. The Bertz CT molecular complexity index is 608. The summed E-state index contributed by atoms with van der Waals surface area (Å²) < 4.78 is 3.94. The first-order chi connectivity index (χ1) is 7.86. The van der Waals surface area contributed by atoms with E-state index in [1.807, 2.05) is 46.5 Å². The number of para-hydroxylation sites is 2. The second-order valence-electron chi connectivity index (χ2n) is 3.67. The highest BCUT2D eigenvalue weighted by Crippen LogP contribution is 2.30. The molecular formula is C13H11N3+2. The summed E-state index contributed by atoms with van der Waals surface area (Å²) in [6.07, 6.45) is 1.79. The van der Waals surface area contributed by atoms with Gasteiger partial charge in [0.15, 0.2) is 7.05 Å². The highest BCUT2D eigenvalue weighted by molar-refractivity contribution is 5.72. The number of fused-ring (bicyclic) bond motifs is 1. The highest BCUT2D eigenvalue weighted by Gasteiger charge is 2.32. The zero-order chi connectivity index (χ0) is 11.0. The fraction of sp³-hybridized carbons (Fsp3) is 0.0769. The molecule has 3 heteroatoms. The fourth-order valence-corrected chi connectivity index (χ4v) is 1.86. The molecule has 0 saturated carbocycles. The Morgan fingerprint density at radius 1 is 1.00 bits per heavy atom. The number of hydrogen-bond acceptors (Lipinski definition) is 1. The predicted molar refractivity (Wildman–Crippen MR) is 63.0 cm³/mol. The van der Waals surface area contributed by atoms with Crippen molar-refractivity contribution in [1.82, 2.24) is 9.56 Å². The fourth-order valence-electron chi connectivity index (χ4n) is 1.86. The molecule has 3 rings (SSSR count). The van der Waals surface area contributed by atoms with Crippen molar-refractivity contribution >= 4 is 23.2 Å². The van der Waals surface area contributed by atoms with Crippen LogP contribution in [0.2, 0.25) is 0 Å². The van der Waals surface area contributed by atoms with Crippen LogP contribution in [-0.4, -0.2) is 22.6 Å². The first kappa shape index (κ1) is 9.01. The SMILES string of the molecule is C[N+]1=C=[N+](c2ccccn2)c2ccccc21.